The number of ether oxygens (including phenoxy) is 1. The van der Waals surface area contributed by atoms with Crippen LogP contribution in [0.4, 0.5) is 22.0 Å². The van der Waals surface area contributed by atoms with Crippen LogP contribution in [-0.2, 0) is 19.7 Å². The highest BCUT2D eigenvalue weighted by molar-refractivity contribution is 7.88. The fourth-order valence-electron chi connectivity index (χ4n) is 4.86. The molecule has 16 heteroatoms. The van der Waals surface area contributed by atoms with Crippen molar-refractivity contribution in [2.24, 2.45) is 5.92 Å². The van der Waals surface area contributed by atoms with E-state index in [0.29, 0.717) is 66.2 Å². The predicted octanol–water partition coefficient (Wildman–Crippen LogP) is 6.23. The lowest BCUT2D eigenvalue weighted by atomic mass is 9.95. The number of hydrogen-bond acceptors (Lipinski definition) is 7. The molecule has 0 spiro atoms. The summed E-state index contributed by atoms with van der Waals surface area (Å²) >= 11 is 12.2. The molecule has 1 amide bonds. The predicted molar refractivity (Wildman–Crippen MR) is 147 cm³/mol. The number of rotatable bonds is 9. The van der Waals surface area contributed by atoms with Gasteiger partial charge in [0.2, 0.25) is 0 Å². The van der Waals surface area contributed by atoms with E-state index in [1.807, 2.05) is 4.90 Å². The molecule has 1 atom stereocenters. The minimum absolute atomic E-state index is 0.0263. The third-order valence-corrected chi connectivity index (χ3v) is 8.47. The van der Waals surface area contributed by atoms with Crippen LogP contribution >= 0.6 is 23.2 Å². The van der Waals surface area contributed by atoms with Crippen molar-refractivity contribution >= 4 is 45.1 Å². The first-order valence-corrected chi connectivity index (χ1v) is 15.7. The van der Waals surface area contributed by atoms with Gasteiger partial charge in [0.05, 0.1) is 24.5 Å². The number of halogens is 7. The Labute approximate surface area is 254 Å². The molecule has 0 radical (unpaired) electrons. The van der Waals surface area contributed by atoms with Crippen molar-refractivity contribution in [1.82, 2.24) is 9.37 Å². The van der Waals surface area contributed by atoms with Gasteiger partial charge in [-0.05, 0) is 86.0 Å². The van der Waals surface area contributed by atoms with Gasteiger partial charge in [0.25, 0.3) is 10.0 Å². The van der Waals surface area contributed by atoms with Crippen LogP contribution in [0, 0.1) is 11.7 Å². The van der Waals surface area contributed by atoms with Crippen LogP contribution in [0.15, 0.2) is 30.3 Å². The van der Waals surface area contributed by atoms with Gasteiger partial charge in [-0.3, -0.25) is 9.69 Å². The summed E-state index contributed by atoms with van der Waals surface area (Å²) < 4.78 is 96.2. The third-order valence-electron chi connectivity index (χ3n) is 7.19. The molecular weight excluding hydrogens is 646 g/mol. The molecule has 1 saturated heterocycles. The van der Waals surface area contributed by atoms with E-state index in [0.717, 1.165) is 12.1 Å². The average Bonchev–Trinajstić information content (AvgIpc) is 3.75. The number of benzene rings is 2. The topological polar surface area (TPSA) is 93.2 Å². The van der Waals surface area contributed by atoms with E-state index >= 15 is 4.39 Å². The lowest BCUT2D eigenvalue weighted by Crippen LogP contribution is -2.42. The molecule has 1 aliphatic carbocycles. The van der Waals surface area contributed by atoms with E-state index in [1.165, 1.54) is 0 Å². The zero-order valence-corrected chi connectivity index (χ0v) is 25.0. The smallest absolute Gasteiger partial charge is 0.493 e. The second-order valence-corrected chi connectivity index (χ2v) is 13.1. The highest BCUT2D eigenvalue weighted by Crippen LogP contribution is 2.45. The van der Waals surface area contributed by atoms with E-state index in [9.17, 15) is 35.6 Å². The Balaban J connectivity index is 1.45. The van der Waals surface area contributed by atoms with Crippen molar-refractivity contribution in [3.05, 3.63) is 62.9 Å². The SMILES string of the molecule is CS(=O)(=O)N(OC(=O)C(F)(F)F)C(=O)c1cc(C2CC2)c(OCC2CCN(C(CF)c3cc(Cl)cc(Cl)c3)CC2)cc1F. The number of carbonyl (C=O) groups excluding carboxylic acids is 2. The van der Waals surface area contributed by atoms with Crippen molar-refractivity contribution in [1.29, 1.82) is 0 Å². The molecular formula is C27H27Cl2F5N2O6S. The molecule has 1 aliphatic heterocycles. The summed E-state index contributed by atoms with van der Waals surface area (Å²) in [5.74, 6) is -6.06. The Hall–Kier alpha value is -2.68. The summed E-state index contributed by atoms with van der Waals surface area (Å²) in [6.45, 7) is 0.616. The zero-order chi connectivity index (χ0) is 31.7. The number of hydrogen-bond donors (Lipinski definition) is 0. The normalized spacial score (nSPS) is 17.4. The number of carbonyl (C=O) groups is 2. The molecule has 236 valence electrons. The number of alkyl halides is 4. The van der Waals surface area contributed by atoms with Crippen LogP contribution in [0.25, 0.3) is 0 Å². The fourth-order valence-corrected chi connectivity index (χ4v) is 6.01. The molecule has 1 unspecified atom stereocenters. The van der Waals surface area contributed by atoms with E-state index in [1.54, 1.807) is 18.2 Å². The van der Waals surface area contributed by atoms with Crippen LogP contribution in [-0.4, -0.2) is 68.5 Å². The van der Waals surface area contributed by atoms with Crippen LogP contribution in [0.1, 0.15) is 59.1 Å². The lowest BCUT2D eigenvalue weighted by Gasteiger charge is -2.36. The first kappa shape index (κ1) is 33.2. The second-order valence-electron chi connectivity index (χ2n) is 10.5. The fraction of sp³-hybridized carbons (Fsp3) is 0.481. The molecule has 2 aromatic carbocycles. The molecule has 2 fully saturated rings. The van der Waals surface area contributed by atoms with Gasteiger partial charge in [0.1, 0.15) is 18.2 Å². The number of nitrogens with zero attached hydrogens (tertiary/aromatic N) is 2. The molecule has 0 aromatic heterocycles. The largest absolute Gasteiger partial charge is 0.493 e. The van der Waals surface area contributed by atoms with Crippen molar-refractivity contribution in [3.63, 3.8) is 0 Å². The van der Waals surface area contributed by atoms with Crippen molar-refractivity contribution in [2.45, 2.75) is 43.8 Å². The van der Waals surface area contributed by atoms with Crippen molar-refractivity contribution < 1.29 is 49.5 Å². The monoisotopic (exact) mass is 672 g/mol. The Kier molecular flexibility index (Phi) is 10.1. The Morgan fingerprint density at radius 1 is 1.05 bits per heavy atom. The van der Waals surface area contributed by atoms with E-state index in [2.05, 4.69) is 4.84 Å². The van der Waals surface area contributed by atoms with Crippen LogP contribution in [0.5, 0.6) is 5.75 Å². The summed E-state index contributed by atoms with van der Waals surface area (Å²) in [6, 6.07) is 6.26. The molecule has 4 rings (SSSR count). The Bertz CT molecular complexity index is 1460. The Morgan fingerprint density at radius 2 is 1.65 bits per heavy atom. The van der Waals surface area contributed by atoms with Gasteiger partial charge < -0.3 is 9.57 Å². The van der Waals surface area contributed by atoms with E-state index in [-0.39, 0.29) is 24.2 Å². The highest BCUT2D eigenvalue weighted by Gasteiger charge is 2.46. The zero-order valence-electron chi connectivity index (χ0n) is 22.7. The van der Waals surface area contributed by atoms with Gasteiger partial charge in [-0.1, -0.05) is 27.7 Å². The number of sulfonamides is 1. The maximum Gasteiger partial charge on any atom is 0.493 e. The van der Waals surface area contributed by atoms with E-state index in [4.69, 9.17) is 27.9 Å². The number of hydroxylamine groups is 1. The van der Waals surface area contributed by atoms with Gasteiger partial charge in [-0.2, -0.15) is 13.2 Å². The molecule has 0 N–H and O–H groups in total. The molecule has 1 heterocycles. The molecule has 8 nitrogen and oxygen atoms in total. The number of likely N-dealkylation sites (tertiary alicyclic amines) is 1. The molecule has 0 bridgehead atoms. The van der Waals surface area contributed by atoms with Gasteiger partial charge in [-0.25, -0.2) is 22.0 Å². The summed E-state index contributed by atoms with van der Waals surface area (Å²) in [5.41, 5.74) is 0.131. The quantitative estimate of drug-likeness (QED) is 0.230. The maximum atomic E-state index is 15.1. The summed E-state index contributed by atoms with van der Waals surface area (Å²) in [6.07, 6.45) is -2.69. The summed E-state index contributed by atoms with van der Waals surface area (Å²) in [5, 5.41) is 0.809. The van der Waals surface area contributed by atoms with Crippen LogP contribution in [0.2, 0.25) is 10.0 Å². The first-order chi connectivity index (χ1) is 20.1. The maximum absolute atomic E-state index is 15.1. The second kappa shape index (κ2) is 13.1. The molecule has 43 heavy (non-hydrogen) atoms. The van der Waals surface area contributed by atoms with E-state index < -0.39 is 56.6 Å². The van der Waals surface area contributed by atoms with Gasteiger partial charge in [0, 0.05) is 16.1 Å². The standard InChI is InChI=1S/C27H27Cl2F5N2O6S/c1-43(39,40)36(42-26(38)27(32,33)34)25(37)21-11-20(16-2-3-16)24(12-22(21)31)41-14-15-4-6-35(7-5-15)23(13-30)17-8-18(28)10-19(29)9-17/h8-12,15-16,23H,2-7,13-14H2,1H3. The third kappa shape index (κ3) is 8.28. The number of piperidine rings is 1. The first-order valence-electron chi connectivity index (χ1n) is 13.1. The summed E-state index contributed by atoms with van der Waals surface area (Å²) in [7, 11) is -4.87. The molecule has 2 aliphatic rings. The van der Waals surface area contributed by atoms with Crippen LogP contribution < -0.4 is 4.74 Å². The minimum atomic E-state index is -5.61. The van der Waals surface area contributed by atoms with Crippen LogP contribution in [0.3, 0.4) is 0 Å². The summed E-state index contributed by atoms with van der Waals surface area (Å²) in [4.78, 5) is 29.8. The number of amides is 1. The average molecular weight is 673 g/mol. The van der Waals surface area contributed by atoms with Gasteiger partial charge in [0.15, 0.2) is 0 Å². The highest BCUT2D eigenvalue weighted by atomic mass is 35.5. The molecule has 1 saturated carbocycles. The minimum Gasteiger partial charge on any atom is -0.493 e. The Morgan fingerprint density at radius 3 is 2.16 bits per heavy atom. The van der Waals surface area contributed by atoms with Gasteiger partial charge in [-0.15, -0.1) is 0 Å². The van der Waals surface area contributed by atoms with Crippen molar-refractivity contribution in [2.75, 3.05) is 32.6 Å². The lowest BCUT2D eigenvalue weighted by molar-refractivity contribution is -0.216. The molecule has 2 aromatic rings. The van der Waals surface area contributed by atoms with Crippen molar-refractivity contribution in [3.8, 4) is 5.75 Å². The van der Waals surface area contributed by atoms with Gasteiger partial charge >= 0.3 is 18.1 Å².